The van der Waals surface area contributed by atoms with Crippen molar-refractivity contribution in [2.24, 2.45) is 0 Å². The standard InChI is InChI=1S/C59H104O6/c1-4-7-10-13-16-19-22-24-26-27-28-29-30-31-33-34-37-40-43-46-49-52-58(61)64-55-56(54-63-57(60)51-48-45-42-39-36-21-18-15-12-9-6-3)65-59(62)53-50-47-44-41-38-35-32-25-23-20-17-14-11-8-5-2/h7,10,16,19,24,26,28-29,31,33,56H,4-6,8-9,11-15,17-18,20-23,25,27,30,32,34-55H2,1-3H3/b10-7-,19-16-,26-24-,29-28-,33-31-. The molecule has 65 heavy (non-hydrogen) atoms. The smallest absolute Gasteiger partial charge is 0.306 e. The Labute approximate surface area is 402 Å². The van der Waals surface area contributed by atoms with Crippen LogP contribution in [0.3, 0.4) is 0 Å². The monoisotopic (exact) mass is 909 g/mol. The van der Waals surface area contributed by atoms with E-state index in [1.807, 2.05) is 0 Å². The summed E-state index contributed by atoms with van der Waals surface area (Å²) in [7, 11) is 0. The van der Waals surface area contributed by atoms with Crippen molar-refractivity contribution in [1.82, 2.24) is 0 Å². The van der Waals surface area contributed by atoms with Gasteiger partial charge in [0.05, 0.1) is 0 Å². The number of carbonyl (C=O) groups is 3. The molecule has 1 atom stereocenters. The Balaban J connectivity index is 4.35. The first-order chi connectivity index (χ1) is 32.0. The minimum absolute atomic E-state index is 0.0768. The van der Waals surface area contributed by atoms with E-state index in [2.05, 4.69) is 81.5 Å². The van der Waals surface area contributed by atoms with Gasteiger partial charge in [-0.2, -0.15) is 0 Å². The number of hydrogen-bond acceptors (Lipinski definition) is 6. The predicted octanol–water partition coefficient (Wildman–Crippen LogP) is 18.4. The van der Waals surface area contributed by atoms with Crippen molar-refractivity contribution in [2.45, 2.75) is 284 Å². The summed E-state index contributed by atoms with van der Waals surface area (Å²) >= 11 is 0. The molecule has 0 saturated heterocycles. The summed E-state index contributed by atoms with van der Waals surface area (Å²) in [5.41, 5.74) is 0. The Bertz CT molecular complexity index is 1180. The van der Waals surface area contributed by atoms with Gasteiger partial charge in [0.25, 0.3) is 0 Å². The Hall–Kier alpha value is -2.89. The van der Waals surface area contributed by atoms with Gasteiger partial charge < -0.3 is 14.2 Å². The molecule has 6 nitrogen and oxygen atoms in total. The second kappa shape index (κ2) is 53.7. The zero-order valence-electron chi connectivity index (χ0n) is 43.0. The Morgan fingerprint density at radius 1 is 0.323 bits per heavy atom. The molecule has 6 heteroatoms. The van der Waals surface area contributed by atoms with Gasteiger partial charge in [0, 0.05) is 19.3 Å². The zero-order valence-corrected chi connectivity index (χ0v) is 43.0. The Kier molecular flexibility index (Phi) is 51.3. The van der Waals surface area contributed by atoms with E-state index in [1.165, 1.54) is 128 Å². The highest BCUT2D eigenvalue weighted by atomic mass is 16.6. The molecule has 0 fully saturated rings. The summed E-state index contributed by atoms with van der Waals surface area (Å²) in [5.74, 6) is -0.886. The van der Waals surface area contributed by atoms with Crippen LogP contribution in [0.4, 0.5) is 0 Å². The summed E-state index contributed by atoms with van der Waals surface area (Å²) in [5, 5.41) is 0. The molecule has 0 aromatic carbocycles. The second-order valence-electron chi connectivity index (χ2n) is 18.5. The first kappa shape index (κ1) is 62.1. The second-order valence-corrected chi connectivity index (χ2v) is 18.5. The van der Waals surface area contributed by atoms with Crippen LogP contribution in [0.5, 0.6) is 0 Å². The first-order valence-corrected chi connectivity index (χ1v) is 27.8. The third kappa shape index (κ3) is 51.9. The first-order valence-electron chi connectivity index (χ1n) is 27.8. The Morgan fingerprint density at radius 3 is 0.938 bits per heavy atom. The van der Waals surface area contributed by atoms with Crippen LogP contribution in [0.2, 0.25) is 0 Å². The van der Waals surface area contributed by atoms with Gasteiger partial charge in [-0.1, -0.05) is 255 Å². The molecule has 0 aliphatic heterocycles. The molecule has 0 aliphatic rings. The fourth-order valence-corrected chi connectivity index (χ4v) is 7.88. The quantitative estimate of drug-likeness (QED) is 0.0262. The number of carbonyl (C=O) groups excluding carboxylic acids is 3. The average molecular weight is 909 g/mol. The number of rotatable bonds is 50. The highest BCUT2D eigenvalue weighted by Crippen LogP contribution is 2.16. The van der Waals surface area contributed by atoms with Gasteiger partial charge in [-0.15, -0.1) is 0 Å². The maximum absolute atomic E-state index is 12.8. The van der Waals surface area contributed by atoms with Crippen molar-refractivity contribution in [3.63, 3.8) is 0 Å². The summed E-state index contributed by atoms with van der Waals surface area (Å²) in [6, 6.07) is 0. The van der Waals surface area contributed by atoms with Crippen LogP contribution in [0.25, 0.3) is 0 Å². The van der Waals surface area contributed by atoms with Crippen LogP contribution in [-0.4, -0.2) is 37.2 Å². The summed E-state index contributed by atoms with van der Waals surface area (Å²) in [6.45, 7) is 6.53. The molecule has 0 spiro atoms. The van der Waals surface area contributed by atoms with E-state index < -0.39 is 6.10 Å². The van der Waals surface area contributed by atoms with Gasteiger partial charge in [-0.05, 0) is 64.2 Å². The van der Waals surface area contributed by atoms with Crippen LogP contribution in [0, 0.1) is 0 Å². The van der Waals surface area contributed by atoms with Crippen LogP contribution in [0.1, 0.15) is 278 Å². The van der Waals surface area contributed by atoms with Crippen molar-refractivity contribution in [3.8, 4) is 0 Å². The van der Waals surface area contributed by atoms with E-state index in [0.29, 0.717) is 19.3 Å². The van der Waals surface area contributed by atoms with Crippen molar-refractivity contribution >= 4 is 17.9 Å². The van der Waals surface area contributed by atoms with E-state index in [9.17, 15) is 14.4 Å². The molecule has 376 valence electrons. The molecule has 0 aromatic heterocycles. The molecule has 1 unspecified atom stereocenters. The summed E-state index contributed by atoms with van der Waals surface area (Å²) in [6.07, 6.45) is 66.3. The van der Waals surface area contributed by atoms with Crippen LogP contribution >= 0.6 is 0 Å². The molecule has 0 aromatic rings. The van der Waals surface area contributed by atoms with Gasteiger partial charge in [0.1, 0.15) is 13.2 Å². The zero-order chi connectivity index (χ0) is 47.2. The van der Waals surface area contributed by atoms with E-state index in [1.54, 1.807) is 0 Å². The predicted molar refractivity (Wildman–Crippen MR) is 279 cm³/mol. The molecular formula is C59H104O6. The van der Waals surface area contributed by atoms with Crippen molar-refractivity contribution < 1.29 is 28.6 Å². The van der Waals surface area contributed by atoms with E-state index in [0.717, 1.165) is 109 Å². The van der Waals surface area contributed by atoms with Gasteiger partial charge in [-0.25, -0.2) is 0 Å². The average Bonchev–Trinajstić information content (AvgIpc) is 3.30. The fraction of sp³-hybridized carbons (Fsp3) is 0.780. The van der Waals surface area contributed by atoms with Gasteiger partial charge in [0.15, 0.2) is 6.10 Å². The van der Waals surface area contributed by atoms with E-state index >= 15 is 0 Å². The maximum atomic E-state index is 12.8. The molecule has 0 N–H and O–H groups in total. The lowest BCUT2D eigenvalue weighted by Gasteiger charge is -2.18. The van der Waals surface area contributed by atoms with E-state index in [4.69, 9.17) is 14.2 Å². The fourth-order valence-electron chi connectivity index (χ4n) is 7.88. The minimum atomic E-state index is -0.778. The molecule has 0 aliphatic carbocycles. The third-order valence-electron chi connectivity index (χ3n) is 12.0. The van der Waals surface area contributed by atoms with Gasteiger partial charge in [0.2, 0.25) is 0 Å². The normalized spacial score (nSPS) is 12.5. The molecule has 0 radical (unpaired) electrons. The van der Waals surface area contributed by atoms with Crippen molar-refractivity contribution in [2.75, 3.05) is 13.2 Å². The lowest BCUT2D eigenvalue weighted by atomic mass is 10.0. The number of allylic oxidation sites excluding steroid dienone is 10. The maximum Gasteiger partial charge on any atom is 0.306 e. The molecule has 0 saturated carbocycles. The Morgan fingerprint density at radius 2 is 0.600 bits per heavy atom. The lowest BCUT2D eigenvalue weighted by molar-refractivity contribution is -0.167. The van der Waals surface area contributed by atoms with Crippen molar-refractivity contribution in [1.29, 1.82) is 0 Å². The van der Waals surface area contributed by atoms with E-state index in [-0.39, 0.29) is 31.1 Å². The SMILES string of the molecule is CC/C=C\C/C=C\C/C=C\C/C=C\C/C=C\CCCCCCCC(=O)OCC(COC(=O)CCCCCCCCCCCCC)OC(=O)CCCCCCCCCCCCCCCCC. The van der Waals surface area contributed by atoms with Gasteiger partial charge in [-0.3, -0.25) is 14.4 Å². The lowest BCUT2D eigenvalue weighted by Crippen LogP contribution is -2.30. The molecule has 0 bridgehead atoms. The van der Waals surface area contributed by atoms with Gasteiger partial charge >= 0.3 is 17.9 Å². The molecule has 0 amide bonds. The summed E-state index contributed by atoms with van der Waals surface area (Å²) < 4.78 is 16.8. The highest BCUT2D eigenvalue weighted by molar-refractivity contribution is 5.71. The largest absolute Gasteiger partial charge is 0.462 e. The number of ether oxygens (including phenoxy) is 3. The highest BCUT2D eigenvalue weighted by Gasteiger charge is 2.19. The van der Waals surface area contributed by atoms with Crippen LogP contribution in [0.15, 0.2) is 60.8 Å². The number of hydrogen-bond donors (Lipinski definition) is 0. The number of unbranched alkanes of at least 4 members (excludes halogenated alkanes) is 29. The topological polar surface area (TPSA) is 78.9 Å². The van der Waals surface area contributed by atoms with Crippen LogP contribution < -0.4 is 0 Å². The molecular weight excluding hydrogens is 805 g/mol. The molecule has 0 heterocycles. The summed E-state index contributed by atoms with van der Waals surface area (Å²) in [4.78, 5) is 38.0. The molecule has 0 rings (SSSR count). The van der Waals surface area contributed by atoms with Crippen LogP contribution in [-0.2, 0) is 28.6 Å². The minimum Gasteiger partial charge on any atom is -0.462 e. The van der Waals surface area contributed by atoms with Crippen molar-refractivity contribution in [3.05, 3.63) is 60.8 Å². The number of esters is 3. The third-order valence-corrected chi connectivity index (χ3v) is 12.0.